The number of amides is 1. The molecule has 0 aliphatic heterocycles. The SMILES string of the molecule is CCSc1cccc(C(=O)N=c2sc3cc(S(N)(=O)=O)ccc3n2CCOC)c1. The van der Waals surface area contributed by atoms with Gasteiger partial charge in [0.05, 0.1) is 21.7 Å². The van der Waals surface area contributed by atoms with Gasteiger partial charge in [0.15, 0.2) is 4.80 Å². The zero-order chi connectivity index (χ0) is 21.0. The number of nitrogens with two attached hydrogens (primary N) is 1. The van der Waals surface area contributed by atoms with Crippen molar-refractivity contribution < 1.29 is 17.9 Å². The third kappa shape index (κ3) is 5.14. The molecule has 0 saturated carbocycles. The van der Waals surface area contributed by atoms with E-state index in [4.69, 9.17) is 9.88 Å². The van der Waals surface area contributed by atoms with E-state index in [9.17, 15) is 13.2 Å². The zero-order valence-electron chi connectivity index (χ0n) is 16.0. The number of ether oxygens (including phenoxy) is 1. The van der Waals surface area contributed by atoms with Crippen LogP contribution in [0.4, 0.5) is 0 Å². The number of carbonyl (C=O) groups excluding carboxylic acids is 1. The number of hydrogen-bond donors (Lipinski definition) is 1. The van der Waals surface area contributed by atoms with E-state index in [2.05, 4.69) is 11.9 Å². The molecular weight excluding hydrogens is 430 g/mol. The smallest absolute Gasteiger partial charge is 0.279 e. The Morgan fingerprint density at radius 3 is 2.76 bits per heavy atom. The van der Waals surface area contributed by atoms with Crippen LogP contribution in [-0.4, -0.2) is 38.4 Å². The fraction of sp³-hybridized carbons (Fsp3) is 0.263. The number of carbonyl (C=O) groups is 1. The van der Waals surface area contributed by atoms with Crippen molar-refractivity contribution in [2.45, 2.75) is 23.3 Å². The molecule has 0 bridgehead atoms. The molecule has 0 spiro atoms. The predicted molar refractivity (Wildman–Crippen MR) is 116 cm³/mol. The number of rotatable bonds is 7. The van der Waals surface area contributed by atoms with Gasteiger partial charge in [-0.25, -0.2) is 13.6 Å². The molecule has 154 valence electrons. The standard InChI is InChI=1S/C19H21N3O4S3/c1-3-27-14-6-4-5-13(11-14)18(23)21-19-22(9-10-26-2)16-8-7-15(29(20,24)25)12-17(16)28-19/h4-8,11-12H,3,9-10H2,1-2H3,(H2,20,24,25). The third-order valence-electron chi connectivity index (χ3n) is 4.09. The van der Waals surface area contributed by atoms with Crippen LogP contribution in [0.25, 0.3) is 10.2 Å². The first-order chi connectivity index (χ1) is 13.8. The van der Waals surface area contributed by atoms with Gasteiger partial charge in [0.1, 0.15) is 0 Å². The quantitative estimate of drug-likeness (QED) is 0.556. The normalized spacial score (nSPS) is 12.6. The lowest BCUT2D eigenvalue weighted by molar-refractivity contribution is 0.0997. The number of sulfonamides is 1. The number of primary sulfonamides is 1. The lowest BCUT2D eigenvalue weighted by Crippen LogP contribution is -2.19. The summed E-state index contributed by atoms with van der Waals surface area (Å²) in [5.41, 5.74) is 1.27. The van der Waals surface area contributed by atoms with Crippen LogP contribution in [0.2, 0.25) is 0 Å². The highest BCUT2D eigenvalue weighted by molar-refractivity contribution is 7.99. The zero-order valence-corrected chi connectivity index (χ0v) is 18.4. The van der Waals surface area contributed by atoms with E-state index in [0.29, 0.717) is 28.2 Å². The molecule has 1 amide bonds. The van der Waals surface area contributed by atoms with Gasteiger partial charge in [0.25, 0.3) is 5.91 Å². The number of methoxy groups -OCH3 is 1. The lowest BCUT2D eigenvalue weighted by atomic mass is 10.2. The summed E-state index contributed by atoms with van der Waals surface area (Å²) in [6.07, 6.45) is 0. The average molecular weight is 452 g/mol. The van der Waals surface area contributed by atoms with Crippen molar-refractivity contribution in [1.29, 1.82) is 0 Å². The molecule has 3 aromatic rings. The largest absolute Gasteiger partial charge is 0.383 e. The Morgan fingerprint density at radius 1 is 1.28 bits per heavy atom. The number of benzene rings is 2. The average Bonchev–Trinajstić information content (AvgIpc) is 3.02. The van der Waals surface area contributed by atoms with E-state index in [0.717, 1.165) is 16.2 Å². The summed E-state index contributed by atoms with van der Waals surface area (Å²) in [7, 11) is -2.23. The molecule has 29 heavy (non-hydrogen) atoms. The Morgan fingerprint density at radius 2 is 2.07 bits per heavy atom. The van der Waals surface area contributed by atoms with E-state index in [1.807, 2.05) is 22.8 Å². The van der Waals surface area contributed by atoms with Crippen molar-refractivity contribution >= 4 is 49.2 Å². The highest BCUT2D eigenvalue weighted by atomic mass is 32.2. The van der Waals surface area contributed by atoms with Crippen LogP contribution >= 0.6 is 23.1 Å². The van der Waals surface area contributed by atoms with Crippen LogP contribution in [0, 0.1) is 0 Å². The topological polar surface area (TPSA) is 104 Å². The summed E-state index contributed by atoms with van der Waals surface area (Å²) in [4.78, 5) is 18.6. The maximum absolute atomic E-state index is 12.8. The van der Waals surface area contributed by atoms with E-state index < -0.39 is 10.0 Å². The number of nitrogens with zero attached hydrogens (tertiary/aromatic N) is 2. The number of fused-ring (bicyclic) bond motifs is 1. The molecule has 10 heteroatoms. The van der Waals surface area contributed by atoms with Gasteiger partial charge in [-0.2, -0.15) is 4.99 Å². The van der Waals surface area contributed by atoms with Gasteiger partial charge in [0, 0.05) is 24.1 Å². The second-order valence-electron chi connectivity index (χ2n) is 6.08. The predicted octanol–water partition coefficient (Wildman–Crippen LogP) is 2.85. The Kier molecular flexibility index (Phi) is 6.91. The third-order valence-corrected chi connectivity index (χ3v) is 6.92. The van der Waals surface area contributed by atoms with Crippen LogP contribution in [-0.2, 0) is 21.3 Å². The molecule has 2 N–H and O–H groups in total. The fourth-order valence-electron chi connectivity index (χ4n) is 2.75. The van der Waals surface area contributed by atoms with Crippen molar-refractivity contribution in [3.05, 3.63) is 52.8 Å². The Bertz CT molecular complexity index is 1210. The first-order valence-corrected chi connectivity index (χ1v) is 12.2. The van der Waals surface area contributed by atoms with Gasteiger partial charge in [-0.15, -0.1) is 11.8 Å². The highest BCUT2D eigenvalue weighted by Gasteiger charge is 2.14. The summed E-state index contributed by atoms with van der Waals surface area (Å²) in [6.45, 7) is 2.95. The second-order valence-corrected chi connectivity index (χ2v) is 9.99. The van der Waals surface area contributed by atoms with Crippen LogP contribution < -0.4 is 9.94 Å². The summed E-state index contributed by atoms with van der Waals surface area (Å²) < 4.78 is 31.0. The molecule has 0 radical (unpaired) electrons. The molecule has 0 aliphatic rings. The molecule has 0 atom stereocenters. The minimum atomic E-state index is -3.82. The first kappa shape index (κ1) is 21.7. The summed E-state index contributed by atoms with van der Waals surface area (Å²) in [6, 6.07) is 12.0. The first-order valence-electron chi connectivity index (χ1n) is 8.80. The number of aromatic nitrogens is 1. The van der Waals surface area contributed by atoms with Crippen LogP contribution in [0.1, 0.15) is 17.3 Å². The maximum Gasteiger partial charge on any atom is 0.279 e. The van der Waals surface area contributed by atoms with Gasteiger partial charge >= 0.3 is 0 Å². The molecule has 0 unspecified atom stereocenters. The van der Waals surface area contributed by atoms with Gasteiger partial charge in [-0.1, -0.05) is 24.3 Å². The summed E-state index contributed by atoms with van der Waals surface area (Å²) >= 11 is 2.89. The molecule has 0 saturated heterocycles. The van der Waals surface area contributed by atoms with Gasteiger partial charge < -0.3 is 9.30 Å². The molecule has 1 heterocycles. The molecule has 3 rings (SSSR count). The fourth-order valence-corrected chi connectivity index (χ4v) is 5.18. The van der Waals surface area contributed by atoms with Crippen molar-refractivity contribution in [3.63, 3.8) is 0 Å². The monoisotopic (exact) mass is 451 g/mol. The number of thioether (sulfide) groups is 1. The number of hydrogen-bond acceptors (Lipinski definition) is 6. The molecule has 7 nitrogen and oxygen atoms in total. The van der Waals surface area contributed by atoms with Gasteiger partial charge in [-0.3, -0.25) is 4.79 Å². The number of thiazole rings is 1. The Labute approximate surface area is 177 Å². The minimum Gasteiger partial charge on any atom is -0.383 e. The molecule has 2 aromatic carbocycles. The Hall–Kier alpha value is -1.98. The summed E-state index contributed by atoms with van der Waals surface area (Å²) in [5, 5.41) is 5.24. The van der Waals surface area contributed by atoms with E-state index in [1.165, 1.54) is 23.5 Å². The van der Waals surface area contributed by atoms with Crippen molar-refractivity contribution in [2.24, 2.45) is 10.1 Å². The van der Waals surface area contributed by atoms with E-state index >= 15 is 0 Å². The van der Waals surface area contributed by atoms with E-state index in [-0.39, 0.29) is 10.8 Å². The molecule has 0 aliphatic carbocycles. The minimum absolute atomic E-state index is 0.0207. The highest BCUT2D eigenvalue weighted by Crippen LogP contribution is 2.22. The second kappa shape index (κ2) is 9.23. The van der Waals surface area contributed by atoms with Crippen molar-refractivity contribution in [2.75, 3.05) is 19.5 Å². The lowest BCUT2D eigenvalue weighted by Gasteiger charge is -2.05. The molecule has 1 aromatic heterocycles. The van der Waals surface area contributed by atoms with Crippen molar-refractivity contribution in [1.82, 2.24) is 4.57 Å². The van der Waals surface area contributed by atoms with Crippen LogP contribution in [0.15, 0.2) is 57.2 Å². The van der Waals surface area contributed by atoms with Crippen molar-refractivity contribution in [3.8, 4) is 0 Å². The van der Waals surface area contributed by atoms with Crippen LogP contribution in [0.3, 0.4) is 0 Å². The molecule has 0 fully saturated rings. The maximum atomic E-state index is 12.8. The van der Waals surface area contributed by atoms with E-state index in [1.54, 1.807) is 31.0 Å². The van der Waals surface area contributed by atoms with Gasteiger partial charge in [-0.05, 0) is 42.2 Å². The molecular formula is C19H21N3O4S3. The Balaban J connectivity index is 2.10. The van der Waals surface area contributed by atoms with Crippen LogP contribution in [0.5, 0.6) is 0 Å². The summed E-state index contributed by atoms with van der Waals surface area (Å²) in [5.74, 6) is 0.557. The van der Waals surface area contributed by atoms with Gasteiger partial charge in [0.2, 0.25) is 10.0 Å².